The number of nitrogens with one attached hydrogen (secondary N) is 1. The first-order valence-electron chi connectivity index (χ1n) is 10.3. The van der Waals surface area contributed by atoms with Crippen LogP contribution in [0, 0.1) is 0 Å². The van der Waals surface area contributed by atoms with Crippen LogP contribution in [-0.2, 0) is 31.3 Å². The predicted octanol–water partition coefficient (Wildman–Crippen LogP) is -3.07. The molecule has 3 rings (SSSR count). The number of amides is 1. The monoisotopic (exact) mass is 497 g/mol. The molecule has 1 amide bonds. The molecule has 0 aromatic rings. The van der Waals surface area contributed by atoms with E-state index in [1.54, 1.807) is 18.9 Å². The molecule has 3 atom stereocenters. The maximum atomic E-state index is 12.5. The summed E-state index contributed by atoms with van der Waals surface area (Å²) in [6, 6.07) is -0.593. The normalized spacial score (nSPS) is 27.5. The van der Waals surface area contributed by atoms with E-state index >= 15 is 0 Å². The Morgan fingerprint density at radius 2 is 1.55 bits per heavy atom. The number of likely N-dealkylation sites (N-methyl/N-ethyl adjacent to an activating group) is 1. The number of hydrogen-bond acceptors (Lipinski definition) is 10. The Balaban J connectivity index is 2.29. The van der Waals surface area contributed by atoms with E-state index in [-0.39, 0.29) is 25.5 Å². The van der Waals surface area contributed by atoms with Gasteiger partial charge in [-0.3, -0.25) is 0 Å². The molecular formula is C18H30GaN5O7. The number of rotatable bonds is 4. The van der Waals surface area contributed by atoms with E-state index in [0.717, 1.165) is 0 Å². The van der Waals surface area contributed by atoms with Gasteiger partial charge in [-0.1, -0.05) is 0 Å². The standard InChI is InChI=1S/C18H32N5O7.Ga/c1-14(18(29)30)23-9-7-20(11-15(24)19-2)3-4-21(12-16(25)26)5-6-22(8-10-23)13-17(27)28;/h14H,3-13H2,1-2H3,(H,19,24)(H,25,26)(H,29,30);/q;+2/p-2. The van der Waals surface area contributed by atoms with Crippen molar-refractivity contribution in [2.45, 2.75) is 13.0 Å². The van der Waals surface area contributed by atoms with Crippen molar-refractivity contribution in [3.05, 3.63) is 0 Å². The molecule has 0 aliphatic carbocycles. The van der Waals surface area contributed by atoms with Crippen LogP contribution in [0.2, 0.25) is 0 Å². The van der Waals surface area contributed by atoms with Gasteiger partial charge in [0.15, 0.2) is 0 Å². The molecule has 0 saturated carbocycles. The third kappa shape index (κ3) is 9.17. The molecule has 0 aromatic carbocycles. The average Bonchev–Trinajstić information content (AvgIpc) is 2.72. The molecule has 3 heterocycles. The number of carbonyl (C=O) groups is 4. The fraction of sp³-hybridized carbons (Fsp3) is 0.778. The second kappa shape index (κ2) is 13.0. The quantitative estimate of drug-likeness (QED) is 0.399. The molecule has 31 heavy (non-hydrogen) atoms. The van der Waals surface area contributed by atoms with Crippen molar-refractivity contribution >= 4 is 42.0 Å². The molecule has 3 saturated heterocycles. The van der Waals surface area contributed by atoms with E-state index in [1.165, 1.54) is 0 Å². The first kappa shape index (κ1) is 25.6. The molecule has 2 bridgehead atoms. The van der Waals surface area contributed by atoms with Gasteiger partial charge < -0.3 is 0 Å². The van der Waals surface area contributed by atoms with E-state index in [0.29, 0.717) is 52.4 Å². The number of carbonyl (C=O) groups excluding carboxylic acids is 4. The Bertz CT molecular complexity index is 653. The zero-order valence-corrected chi connectivity index (χ0v) is 20.5. The number of fused-ring (bicyclic) bond motifs is 14. The molecule has 0 aromatic heterocycles. The van der Waals surface area contributed by atoms with Crippen LogP contribution in [-0.4, -0.2) is 147 Å². The van der Waals surface area contributed by atoms with Crippen LogP contribution in [0.15, 0.2) is 0 Å². The van der Waals surface area contributed by atoms with Crippen LogP contribution < -0.4 is 5.32 Å². The van der Waals surface area contributed by atoms with Gasteiger partial charge in [0.25, 0.3) is 0 Å². The number of nitrogens with zero attached hydrogens (tertiary/aromatic N) is 4. The fourth-order valence-corrected chi connectivity index (χ4v) is 4.57. The van der Waals surface area contributed by atoms with Crippen molar-refractivity contribution in [1.29, 1.82) is 0 Å². The summed E-state index contributed by atoms with van der Waals surface area (Å²) in [6.45, 7) is 5.48. The summed E-state index contributed by atoms with van der Waals surface area (Å²) in [5.74, 6) is -2.24. The minimum absolute atomic E-state index is 0.00355. The third-order valence-electron chi connectivity index (χ3n) is 5.46. The van der Waals surface area contributed by atoms with E-state index in [9.17, 15) is 24.3 Å². The molecule has 1 N–H and O–H groups in total. The van der Waals surface area contributed by atoms with Crippen molar-refractivity contribution in [3.63, 3.8) is 0 Å². The molecule has 172 valence electrons. The Labute approximate surface area is 190 Å². The van der Waals surface area contributed by atoms with Crippen LogP contribution in [0.1, 0.15) is 6.92 Å². The molecule has 3 aliphatic heterocycles. The Morgan fingerprint density at radius 3 is 2.13 bits per heavy atom. The summed E-state index contributed by atoms with van der Waals surface area (Å²) in [5.41, 5.74) is 0. The minimum atomic E-state index is -1.94. The van der Waals surface area contributed by atoms with Gasteiger partial charge in [-0.15, -0.1) is 0 Å². The van der Waals surface area contributed by atoms with Gasteiger partial charge in [-0.2, -0.15) is 0 Å². The van der Waals surface area contributed by atoms with E-state index < -0.39 is 42.1 Å². The van der Waals surface area contributed by atoms with Gasteiger partial charge in [0.1, 0.15) is 0 Å². The Kier molecular flexibility index (Phi) is 10.8. The summed E-state index contributed by atoms with van der Waals surface area (Å²) in [4.78, 5) is 55.4. The van der Waals surface area contributed by atoms with Crippen LogP contribution >= 0.6 is 0 Å². The summed E-state index contributed by atoms with van der Waals surface area (Å²) in [6.07, 6.45) is 0. The molecular weight excluding hydrogens is 468 g/mol. The van der Waals surface area contributed by atoms with Gasteiger partial charge in [0.05, 0.1) is 0 Å². The van der Waals surface area contributed by atoms with E-state index in [2.05, 4.69) is 5.32 Å². The zero-order valence-electron chi connectivity index (χ0n) is 18.1. The predicted molar refractivity (Wildman–Crippen MR) is 108 cm³/mol. The van der Waals surface area contributed by atoms with Gasteiger partial charge in [0.2, 0.25) is 0 Å². The van der Waals surface area contributed by atoms with Crippen LogP contribution in [0.25, 0.3) is 0 Å². The molecule has 12 nitrogen and oxygen atoms in total. The topological polar surface area (TPSA) is 132 Å². The van der Waals surface area contributed by atoms with Crippen molar-refractivity contribution in [2.24, 2.45) is 0 Å². The van der Waals surface area contributed by atoms with Gasteiger partial charge in [0, 0.05) is 0 Å². The molecule has 3 fully saturated rings. The maximum absolute atomic E-state index is 12.5. The first-order valence-corrected chi connectivity index (χ1v) is 12.3. The molecule has 3 unspecified atom stereocenters. The van der Waals surface area contributed by atoms with Gasteiger partial charge in [-0.05, 0) is 0 Å². The SMILES string of the molecule is CNC(=O)CN1CCN2CCN(CC([O])=O)CCN(CC1)C(C)C(=O)[O][Ga][O]C(=O)C2. The van der Waals surface area contributed by atoms with Gasteiger partial charge >= 0.3 is 190 Å². The second-order valence-electron chi connectivity index (χ2n) is 7.61. The van der Waals surface area contributed by atoms with E-state index in [1.807, 2.05) is 14.7 Å². The molecule has 3 aliphatic rings. The summed E-state index contributed by atoms with van der Waals surface area (Å²) in [7, 11) is 1.58. The van der Waals surface area contributed by atoms with Crippen molar-refractivity contribution < 1.29 is 31.3 Å². The van der Waals surface area contributed by atoms with Crippen LogP contribution in [0.5, 0.6) is 0 Å². The summed E-state index contributed by atoms with van der Waals surface area (Å²) in [5, 5.41) is 13.8. The van der Waals surface area contributed by atoms with E-state index in [4.69, 9.17) is 7.06 Å². The molecule has 0 spiro atoms. The van der Waals surface area contributed by atoms with Gasteiger partial charge in [-0.25, -0.2) is 0 Å². The van der Waals surface area contributed by atoms with Crippen LogP contribution in [0.4, 0.5) is 0 Å². The van der Waals surface area contributed by atoms with Crippen LogP contribution in [0.3, 0.4) is 0 Å². The Morgan fingerprint density at radius 1 is 0.968 bits per heavy atom. The summed E-state index contributed by atoms with van der Waals surface area (Å²) < 4.78 is 10.4. The number of hydrogen-bond donors (Lipinski definition) is 1. The Hall–Kier alpha value is -1.64. The van der Waals surface area contributed by atoms with Crippen molar-refractivity contribution in [1.82, 2.24) is 24.9 Å². The second-order valence-corrected chi connectivity index (χ2v) is 9.00. The molecule has 2 radical (unpaired) electrons. The molecule has 13 heteroatoms. The van der Waals surface area contributed by atoms with Crippen molar-refractivity contribution in [2.75, 3.05) is 79.0 Å². The summed E-state index contributed by atoms with van der Waals surface area (Å²) >= 11 is -1.94. The fourth-order valence-electron chi connectivity index (χ4n) is 3.47. The van der Waals surface area contributed by atoms with Crippen molar-refractivity contribution in [3.8, 4) is 0 Å². The average molecular weight is 498 g/mol. The third-order valence-corrected chi connectivity index (χ3v) is 6.90. The first-order chi connectivity index (χ1) is 14.8. The zero-order chi connectivity index (χ0) is 22.8.